The van der Waals surface area contributed by atoms with E-state index in [2.05, 4.69) is 29.0 Å². The monoisotopic (exact) mass is 338 g/mol. The van der Waals surface area contributed by atoms with Crippen molar-refractivity contribution in [2.45, 2.75) is 51.4 Å². The Hall–Kier alpha value is -1.34. The van der Waals surface area contributed by atoms with Gasteiger partial charge in [-0.25, -0.2) is 4.98 Å². The summed E-state index contributed by atoms with van der Waals surface area (Å²) in [6, 6.07) is 0.0464. The molecule has 1 aliphatic heterocycles. The van der Waals surface area contributed by atoms with E-state index in [9.17, 15) is 9.59 Å². The lowest BCUT2D eigenvalue weighted by Gasteiger charge is -2.19. The molecular weight excluding hydrogens is 312 g/mol. The predicted molar refractivity (Wildman–Crippen MR) is 93.2 cm³/mol. The van der Waals surface area contributed by atoms with E-state index in [0.29, 0.717) is 11.7 Å². The normalized spacial score (nSPS) is 14.8. The van der Waals surface area contributed by atoms with E-state index < -0.39 is 0 Å². The van der Waals surface area contributed by atoms with Crippen LogP contribution in [0.1, 0.15) is 44.0 Å². The first-order chi connectivity index (χ1) is 11.1. The summed E-state index contributed by atoms with van der Waals surface area (Å²) in [5, 5.41) is 3.63. The van der Waals surface area contributed by atoms with Crippen molar-refractivity contribution in [3.63, 3.8) is 0 Å². The van der Waals surface area contributed by atoms with Gasteiger partial charge >= 0.3 is 0 Å². The smallest absolute Gasteiger partial charge is 0.267 e. The van der Waals surface area contributed by atoms with Crippen LogP contribution >= 0.6 is 11.8 Å². The molecule has 0 fully saturated rings. The van der Waals surface area contributed by atoms with Crippen LogP contribution in [0, 0.1) is 0 Å². The molecule has 0 spiro atoms. The largest absolute Gasteiger partial charge is 0.349 e. The van der Waals surface area contributed by atoms with Gasteiger partial charge in [-0.2, -0.15) is 0 Å². The minimum atomic E-state index is -0.315. The molecule has 1 N–H and O–H groups in total. The van der Waals surface area contributed by atoms with Gasteiger partial charge in [0.1, 0.15) is 5.56 Å². The number of aromatic nitrogens is 2. The molecule has 1 atom stereocenters. The van der Waals surface area contributed by atoms with Crippen LogP contribution in [-0.2, 0) is 6.54 Å². The number of nitrogens with one attached hydrogen (secondary N) is 1. The van der Waals surface area contributed by atoms with Gasteiger partial charge in [-0.15, -0.1) is 0 Å². The number of rotatable bonds is 8. The molecule has 0 saturated carbocycles. The van der Waals surface area contributed by atoms with Crippen LogP contribution in [0.25, 0.3) is 0 Å². The molecular formula is C16H26N4O2S. The predicted octanol–water partition coefficient (Wildman–Crippen LogP) is 1.59. The van der Waals surface area contributed by atoms with Crippen LogP contribution in [0.4, 0.5) is 0 Å². The van der Waals surface area contributed by atoms with E-state index in [1.54, 1.807) is 16.3 Å². The first kappa shape index (κ1) is 18.0. The van der Waals surface area contributed by atoms with Crippen molar-refractivity contribution in [1.82, 2.24) is 19.8 Å². The maximum absolute atomic E-state index is 12.3. The molecule has 128 valence electrons. The van der Waals surface area contributed by atoms with Gasteiger partial charge in [0.05, 0.1) is 0 Å². The number of fused-ring (bicyclic) bond motifs is 1. The van der Waals surface area contributed by atoms with Crippen LogP contribution in [0.5, 0.6) is 0 Å². The quantitative estimate of drug-likeness (QED) is 0.729. The van der Waals surface area contributed by atoms with E-state index in [4.69, 9.17) is 0 Å². The highest BCUT2D eigenvalue weighted by molar-refractivity contribution is 7.99. The average molecular weight is 338 g/mol. The Balaban J connectivity index is 1.88. The van der Waals surface area contributed by atoms with Crippen molar-refractivity contribution in [2.24, 2.45) is 0 Å². The molecule has 0 aliphatic carbocycles. The number of hydrogen-bond acceptors (Lipinski definition) is 5. The molecule has 1 aromatic heterocycles. The second-order valence-corrected chi connectivity index (χ2v) is 6.87. The van der Waals surface area contributed by atoms with Gasteiger partial charge in [0.25, 0.3) is 11.5 Å². The Morgan fingerprint density at radius 1 is 1.48 bits per heavy atom. The van der Waals surface area contributed by atoms with Crippen molar-refractivity contribution in [2.75, 3.05) is 25.4 Å². The van der Waals surface area contributed by atoms with Crippen LogP contribution < -0.4 is 10.9 Å². The molecule has 1 amide bonds. The van der Waals surface area contributed by atoms with Gasteiger partial charge in [-0.3, -0.25) is 14.2 Å². The maximum Gasteiger partial charge on any atom is 0.267 e. The summed E-state index contributed by atoms with van der Waals surface area (Å²) in [4.78, 5) is 31.2. The molecule has 2 rings (SSSR count). The van der Waals surface area contributed by atoms with Gasteiger partial charge in [-0.05, 0) is 39.4 Å². The van der Waals surface area contributed by atoms with Crippen molar-refractivity contribution < 1.29 is 4.79 Å². The van der Waals surface area contributed by atoms with E-state index in [1.807, 2.05) is 6.92 Å². The SMILES string of the molecule is CCN(CC)CCC[C@H](C)NC(=O)c1cnc2n(c1=O)CCS2. The Labute approximate surface area is 141 Å². The highest BCUT2D eigenvalue weighted by Gasteiger charge is 2.20. The first-order valence-corrected chi connectivity index (χ1v) is 9.31. The van der Waals surface area contributed by atoms with Crippen molar-refractivity contribution in [3.8, 4) is 0 Å². The van der Waals surface area contributed by atoms with Gasteiger partial charge in [0, 0.05) is 24.5 Å². The zero-order chi connectivity index (χ0) is 16.8. The maximum atomic E-state index is 12.3. The molecule has 1 aliphatic rings. The molecule has 2 heterocycles. The Bertz CT molecular complexity index is 598. The van der Waals surface area contributed by atoms with Crippen LogP contribution in [-0.4, -0.2) is 51.8 Å². The fourth-order valence-corrected chi connectivity index (χ4v) is 3.62. The second kappa shape index (κ2) is 8.49. The Morgan fingerprint density at radius 2 is 2.22 bits per heavy atom. The molecule has 7 heteroatoms. The third-order valence-electron chi connectivity index (χ3n) is 4.18. The molecule has 0 aromatic carbocycles. The van der Waals surface area contributed by atoms with E-state index in [0.717, 1.165) is 38.2 Å². The van der Waals surface area contributed by atoms with Crippen LogP contribution in [0.15, 0.2) is 16.1 Å². The summed E-state index contributed by atoms with van der Waals surface area (Å²) < 4.78 is 1.59. The van der Waals surface area contributed by atoms with Gasteiger partial charge in [-0.1, -0.05) is 25.6 Å². The minimum absolute atomic E-state index is 0.0464. The second-order valence-electron chi connectivity index (χ2n) is 5.80. The lowest BCUT2D eigenvalue weighted by molar-refractivity contribution is 0.0934. The summed E-state index contributed by atoms with van der Waals surface area (Å²) in [5.41, 5.74) is -0.0836. The zero-order valence-electron chi connectivity index (χ0n) is 14.2. The summed E-state index contributed by atoms with van der Waals surface area (Å²) >= 11 is 1.55. The van der Waals surface area contributed by atoms with Crippen molar-refractivity contribution in [3.05, 3.63) is 22.1 Å². The molecule has 0 radical (unpaired) electrons. The van der Waals surface area contributed by atoms with Crippen molar-refractivity contribution >= 4 is 17.7 Å². The Kier molecular flexibility index (Phi) is 6.65. The summed E-state index contributed by atoms with van der Waals surface area (Å²) in [6.07, 6.45) is 3.34. The zero-order valence-corrected chi connectivity index (χ0v) is 15.0. The van der Waals surface area contributed by atoms with E-state index in [1.165, 1.54) is 6.20 Å². The summed E-state index contributed by atoms with van der Waals surface area (Å²) in [5.74, 6) is 0.528. The summed E-state index contributed by atoms with van der Waals surface area (Å²) in [6.45, 7) is 10.1. The molecule has 23 heavy (non-hydrogen) atoms. The highest BCUT2D eigenvalue weighted by Crippen LogP contribution is 2.20. The minimum Gasteiger partial charge on any atom is -0.349 e. The van der Waals surface area contributed by atoms with E-state index in [-0.39, 0.29) is 23.1 Å². The number of nitrogens with zero attached hydrogens (tertiary/aromatic N) is 3. The summed E-state index contributed by atoms with van der Waals surface area (Å²) in [7, 11) is 0. The van der Waals surface area contributed by atoms with Gasteiger partial charge in [0.2, 0.25) is 0 Å². The highest BCUT2D eigenvalue weighted by atomic mass is 32.2. The fraction of sp³-hybridized carbons (Fsp3) is 0.688. The number of amides is 1. The average Bonchev–Trinajstić information content (AvgIpc) is 3.01. The van der Waals surface area contributed by atoms with E-state index >= 15 is 0 Å². The number of carbonyl (C=O) groups excluding carboxylic acids is 1. The lowest BCUT2D eigenvalue weighted by Crippen LogP contribution is -2.38. The van der Waals surface area contributed by atoms with Crippen LogP contribution in [0.3, 0.4) is 0 Å². The number of hydrogen-bond donors (Lipinski definition) is 1. The fourth-order valence-electron chi connectivity index (χ4n) is 2.71. The third-order valence-corrected chi connectivity index (χ3v) is 5.16. The molecule has 0 saturated heterocycles. The van der Waals surface area contributed by atoms with Gasteiger partial charge < -0.3 is 10.2 Å². The molecule has 0 bridgehead atoms. The molecule has 6 nitrogen and oxygen atoms in total. The first-order valence-electron chi connectivity index (χ1n) is 8.32. The standard InChI is InChI=1S/C16H26N4O2S/c1-4-19(5-2)8-6-7-12(3)18-14(21)13-11-17-16-20(15(13)22)9-10-23-16/h11-12H,4-10H2,1-3H3,(H,18,21)/t12-/m0/s1. The topological polar surface area (TPSA) is 67.2 Å². The lowest BCUT2D eigenvalue weighted by atomic mass is 10.1. The number of carbonyl (C=O) groups is 1. The van der Waals surface area contributed by atoms with Gasteiger partial charge in [0.15, 0.2) is 5.16 Å². The molecule has 0 unspecified atom stereocenters. The Morgan fingerprint density at radius 3 is 2.91 bits per heavy atom. The molecule has 1 aromatic rings. The van der Waals surface area contributed by atoms with Crippen LogP contribution in [0.2, 0.25) is 0 Å². The number of thioether (sulfide) groups is 1. The third kappa shape index (κ3) is 4.57. The van der Waals surface area contributed by atoms with Crippen molar-refractivity contribution in [1.29, 1.82) is 0 Å².